The smallest absolute Gasteiger partial charge is 0.225 e. The highest BCUT2D eigenvalue weighted by molar-refractivity contribution is 5.98. The maximum Gasteiger partial charge on any atom is 0.225 e. The zero-order valence-electron chi connectivity index (χ0n) is 16.7. The predicted molar refractivity (Wildman–Crippen MR) is 112 cm³/mol. The van der Waals surface area contributed by atoms with E-state index in [1.807, 2.05) is 24.3 Å². The molecule has 8 heteroatoms. The lowest BCUT2D eigenvalue weighted by molar-refractivity contribution is 0.0244. The molecule has 156 valence electrons. The number of aromatic amines is 1. The van der Waals surface area contributed by atoms with Gasteiger partial charge in [-0.25, -0.2) is 4.98 Å². The van der Waals surface area contributed by atoms with Crippen LogP contribution in [0.4, 0.5) is 5.69 Å². The minimum atomic E-state index is 0.0842. The van der Waals surface area contributed by atoms with Crippen molar-refractivity contribution in [1.82, 2.24) is 15.2 Å². The molecule has 0 radical (unpaired) electrons. The minimum absolute atomic E-state index is 0.0842. The van der Waals surface area contributed by atoms with Gasteiger partial charge >= 0.3 is 0 Å². The highest BCUT2D eigenvalue weighted by Gasteiger charge is 2.22. The first-order valence-corrected chi connectivity index (χ1v) is 10.3. The Balaban J connectivity index is 1.55. The lowest BCUT2D eigenvalue weighted by atomic mass is 10.0. The summed E-state index contributed by atoms with van der Waals surface area (Å²) in [7, 11) is 0. The van der Waals surface area contributed by atoms with Crippen LogP contribution < -0.4 is 9.64 Å². The normalized spacial score (nSPS) is 17.9. The van der Waals surface area contributed by atoms with Crippen LogP contribution >= 0.6 is 0 Å². The van der Waals surface area contributed by atoms with E-state index in [0.29, 0.717) is 37.9 Å². The molecule has 0 amide bonds. The van der Waals surface area contributed by atoms with E-state index >= 15 is 0 Å². The molecule has 2 aromatic heterocycles. The Bertz CT molecular complexity index is 1040. The van der Waals surface area contributed by atoms with Crippen LogP contribution in [-0.2, 0) is 9.47 Å². The molecule has 3 aromatic rings. The fraction of sp³-hybridized carbons (Fsp3) is 0.409. The van der Waals surface area contributed by atoms with E-state index in [1.165, 1.54) is 0 Å². The summed E-state index contributed by atoms with van der Waals surface area (Å²) in [4.78, 5) is 18.3. The molecule has 0 spiro atoms. The number of rotatable bonds is 5. The topological polar surface area (TPSA) is 89.6 Å². The molecule has 2 saturated heterocycles. The van der Waals surface area contributed by atoms with Crippen LogP contribution in [0.1, 0.15) is 23.2 Å². The number of hydrogen-bond donors (Lipinski definition) is 1. The molecule has 0 aliphatic carbocycles. The van der Waals surface area contributed by atoms with Crippen molar-refractivity contribution in [2.45, 2.75) is 18.9 Å². The van der Waals surface area contributed by atoms with Crippen molar-refractivity contribution >= 4 is 22.9 Å². The fourth-order valence-corrected chi connectivity index (χ4v) is 4.06. The number of H-pyrrole nitrogens is 1. The van der Waals surface area contributed by atoms with Gasteiger partial charge in [0, 0.05) is 48.9 Å². The van der Waals surface area contributed by atoms with Crippen LogP contribution in [0.2, 0.25) is 0 Å². The second-order valence-corrected chi connectivity index (χ2v) is 7.53. The van der Waals surface area contributed by atoms with Gasteiger partial charge in [-0.2, -0.15) is 5.10 Å². The van der Waals surface area contributed by atoms with Gasteiger partial charge < -0.3 is 19.1 Å². The van der Waals surface area contributed by atoms with Gasteiger partial charge in [0.1, 0.15) is 11.8 Å². The Morgan fingerprint density at radius 3 is 2.70 bits per heavy atom. The molecule has 1 aromatic carbocycles. The molecule has 2 aliphatic heterocycles. The zero-order valence-corrected chi connectivity index (χ0v) is 16.7. The van der Waals surface area contributed by atoms with Gasteiger partial charge in [-0.05, 0) is 18.2 Å². The number of benzene rings is 1. The third kappa shape index (κ3) is 3.64. The number of pyridine rings is 1. The maximum atomic E-state index is 11.6. The van der Waals surface area contributed by atoms with Crippen LogP contribution in [0.3, 0.4) is 0 Å². The maximum absolute atomic E-state index is 11.6. The van der Waals surface area contributed by atoms with E-state index in [1.54, 1.807) is 6.20 Å². The van der Waals surface area contributed by atoms with E-state index in [2.05, 4.69) is 20.1 Å². The van der Waals surface area contributed by atoms with Gasteiger partial charge in [0.2, 0.25) is 5.88 Å². The molecule has 8 nitrogen and oxygen atoms in total. The second-order valence-electron chi connectivity index (χ2n) is 7.53. The molecule has 2 fully saturated rings. The first-order valence-electron chi connectivity index (χ1n) is 10.3. The summed E-state index contributed by atoms with van der Waals surface area (Å²) in [6, 6.07) is 7.69. The number of carbonyl (C=O) groups is 1. The van der Waals surface area contributed by atoms with E-state index in [9.17, 15) is 4.79 Å². The number of hydrogen-bond acceptors (Lipinski definition) is 7. The van der Waals surface area contributed by atoms with Crippen molar-refractivity contribution < 1.29 is 19.0 Å². The number of nitrogens with zero attached hydrogens (tertiary/aromatic N) is 3. The quantitative estimate of drug-likeness (QED) is 0.649. The monoisotopic (exact) mass is 408 g/mol. The van der Waals surface area contributed by atoms with E-state index in [4.69, 9.17) is 14.2 Å². The van der Waals surface area contributed by atoms with Crippen molar-refractivity contribution in [2.75, 3.05) is 44.4 Å². The molecule has 2 aliphatic rings. The van der Waals surface area contributed by atoms with Crippen molar-refractivity contribution in [3.63, 3.8) is 0 Å². The van der Waals surface area contributed by atoms with Crippen LogP contribution in [0, 0.1) is 0 Å². The number of morpholine rings is 1. The number of aldehydes is 1. The summed E-state index contributed by atoms with van der Waals surface area (Å²) in [5.74, 6) is 0.579. The minimum Gasteiger partial charge on any atom is -0.474 e. The highest BCUT2D eigenvalue weighted by atomic mass is 16.5. The molecule has 5 rings (SSSR count). The average molecular weight is 408 g/mol. The van der Waals surface area contributed by atoms with Crippen LogP contribution in [0.25, 0.3) is 22.2 Å². The van der Waals surface area contributed by atoms with Crippen molar-refractivity contribution in [2.24, 2.45) is 0 Å². The number of ether oxygens (including phenoxy) is 3. The summed E-state index contributed by atoms with van der Waals surface area (Å²) in [5, 5.41) is 8.51. The SMILES string of the molecule is O=Cc1ccc(-c2n[nH]c3ccnc(OC4CCOCC4)c23)cc1N1CCOCC1. The standard InChI is InChI=1S/C22H24N4O4/c27-14-16-2-1-15(13-19(16)26-7-11-29-12-8-26)21-20-18(24-25-21)3-6-23-22(20)30-17-4-9-28-10-5-17/h1-3,6,13-14,17H,4-5,7-12H2,(H,24,25). The summed E-state index contributed by atoms with van der Waals surface area (Å²) >= 11 is 0. The van der Waals surface area contributed by atoms with E-state index in [-0.39, 0.29) is 6.10 Å². The third-order valence-corrected chi connectivity index (χ3v) is 5.67. The lowest BCUT2D eigenvalue weighted by Gasteiger charge is -2.30. The predicted octanol–water partition coefficient (Wildman–Crippen LogP) is 2.83. The van der Waals surface area contributed by atoms with Crippen LogP contribution in [0.15, 0.2) is 30.5 Å². The van der Waals surface area contributed by atoms with Gasteiger partial charge in [-0.15, -0.1) is 0 Å². The molecular weight excluding hydrogens is 384 g/mol. The lowest BCUT2D eigenvalue weighted by Crippen LogP contribution is -2.36. The van der Waals surface area contributed by atoms with Gasteiger partial charge in [0.15, 0.2) is 6.29 Å². The third-order valence-electron chi connectivity index (χ3n) is 5.67. The summed E-state index contributed by atoms with van der Waals surface area (Å²) in [5.41, 5.74) is 4.12. The first kappa shape index (κ1) is 19.0. The number of aromatic nitrogens is 3. The molecule has 1 N–H and O–H groups in total. The Labute approximate surface area is 174 Å². The van der Waals surface area contributed by atoms with Crippen LogP contribution in [0.5, 0.6) is 5.88 Å². The first-order chi connectivity index (χ1) is 14.8. The van der Waals surface area contributed by atoms with Gasteiger partial charge in [-0.3, -0.25) is 9.89 Å². The number of fused-ring (bicyclic) bond motifs is 1. The number of anilines is 1. The number of carbonyl (C=O) groups excluding carboxylic acids is 1. The van der Waals surface area contributed by atoms with Gasteiger partial charge in [0.25, 0.3) is 0 Å². The summed E-state index contributed by atoms with van der Waals surface area (Å²) in [6.07, 6.45) is 4.41. The molecule has 0 saturated carbocycles. The second kappa shape index (κ2) is 8.41. The highest BCUT2D eigenvalue weighted by Crippen LogP contribution is 2.35. The van der Waals surface area contributed by atoms with Gasteiger partial charge in [0.05, 0.1) is 37.3 Å². The summed E-state index contributed by atoms with van der Waals surface area (Å²) in [6.45, 7) is 4.22. The Morgan fingerprint density at radius 2 is 1.90 bits per heavy atom. The van der Waals surface area contributed by atoms with E-state index < -0.39 is 0 Å². The molecule has 30 heavy (non-hydrogen) atoms. The van der Waals surface area contributed by atoms with Crippen molar-refractivity contribution in [3.05, 3.63) is 36.0 Å². The molecule has 4 heterocycles. The van der Waals surface area contributed by atoms with Crippen LogP contribution in [-0.4, -0.2) is 67.1 Å². The van der Waals surface area contributed by atoms with Gasteiger partial charge in [-0.1, -0.05) is 6.07 Å². The Kier molecular flexibility index (Phi) is 5.33. The largest absolute Gasteiger partial charge is 0.474 e. The average Bonchev–Trinajstić information content (AvgIpc) is 3.25. The summed E-state index contributed by atoms with van der Waals surface area (Å²) < 4.78 is 17.1. The molecule has 0 atom stereocenters. The molecule has 0 bridgehead atoms. The van der Waals surface area contributed by atoms with Crippen molar-refractivity contribution in [1.29, 1.82) is 0 Å². The molecule has 0 unspecified atom stereocenters. The zero-order chi connectivity index (χ0) is 20.3. The Hall–Kier alpha value is -2.97. The van der Waals surface area contributed by atoms with Crippen molar-refractivity contribution in [3.8, 4) is 17.1 Å². The number of nitrogens with one attached hydrogen (secondary N) is 1. The van der Waals surface area contributed by atoms with E-state index in [0.717, 1.165) is 60.1 Å². The molecular formula is C22H24N4O4. The Morgan fingerprint density at radius 1 is 1.10 bits per heavy atom. The fourth-order valence-electron chi connectivity index (χ4n) is 4.06.